The molecule has 0 saturated heterocycles. The van der Waals surface area contributed by atoms with Crippen LogP contribution in [0, 0.1) is 0 Å². The molecule has 118 valence electrons. The van der Waals surface area contributed by atoms with Gasteiger partial charge in [-0.2, -0.15) is 11.8 Å². The first kappa shape index (κ1) is 16.8. The van der Waals surface area contributed by atoms with Crippen LogP contribution in [0.15, 0.2) is 29.2 Å². The van der Waals surface area contributed by atoms with Gasteiger partial charge in [-0.3, -0.25) is 0 Å². The lowest BCUT2D eigenvalue weighted by atomic mass is 10.2. The van der Waals surface area contributed by atoms with Gasteiger partial charge in [-0.15, -0.1) is 0 Å². The second-order valence-electron chi connectivity index (χ2n) is 5.48. The quantitative estimate of drug-likeness (QED) is 0.731. The molecular formula is C15H24N2O2S2. The third-order valence-corrected chi connectivity index (χ3v) is 6.08. The van der Waals surface area contributed by atoms with E-state index in [-0.39, 0.29) is 6.04 Å². The Kier molecular flexibility index (Phi) is 6.10. The molecule has 0 heterocycles. The van der Waals surface area contributed by atoms with Crippen molar-refractivity contribution in [2.75, 3.05) is 11.5 Å². The fourth-order valence-corrected chi connectivity index (χ4v) is 4.02. The average Bonchev–Trinajstić information content (AvgIpc) is 3.27. The lowest BCUT2D eigenvalue weighted by Crippen LogP contribution is -2.34. The highest BCUT2D eigenvalue weighted by molar-refractivity contribution is 7.99. The number of benzene rings is 1. The van der Waals surface area contributed by atoms with E-state index in [1.807, 2.05) is 19.1 Å². The Morgan fingerprint density at radius 3 is 2.52 bits per heavy atom. The molecule has 1 aromatic rings. The normalized spacial score (nSPS) is 16.9. The lowest BCUT2D eigenvalue weighted by molar-refractivity contribution is 0.571. The molecule has 1 aliphatic carbocycles. The predicted molar refractivity (Wildman–Crippen MR) is 89.1 cm³/mol. The molecule has 0 spiro atoms. The number of sulfonamides is 1. The molecule has 6 heteroatoms. The van der Waals surface area contributed by atoms with Crippen LogP contribution < -0.4 is 10.0 Å². The third-order valence-electron chi connectivity index (χ3n) is 3.33. The Hall–Kier alpha value is -0.560. The Morgan fingerprint density at radius 1 is 1.29 bits per heavy atom. The van der Waals surface area contributed by atoms with Crippen LogP contribution in [0.1, 0.15) is 32.3 Å². The molecule has 0 radical (unpaired) electrons. The molecule has 2 N–H and O–H groups in total. The van der Waals surface area contributed by atoms with Crippen molar-refractivity contribution in [1.29, 1.82) is 0 Å². The van der Waals surface area contributed by atoms with E-state index in [2.05, 4.69) is 17.0 Å². The summed E-state index contributed by atoms with van der Waals surface area (Å²) in [6.45, 7) is 4.77. The zero-order chi connectivity index (χ0) is 15.3. The molecule has 1 aromatic carbocycles. The zero-order valence-corrected chi connectivity index (χ0v) is 14.3. The topological polar surface area (TPSA) is 58.2 Å². The van der Waals surface area contributed by atoms with E-state index >= 15 is 0 Å². The van der Waals surface area contributed by atoms with E-state index in [1.54, 1.807) is 23.9 Å². The summed E-state index contributed by atoms with van der Waals surface area (Å²) in [5.74, 6) is 1.79. The van der Waals surface area contributed by atoms with Gasteiger partial charge in [-0.1, -0.05) is 19.1 Å². The summed E-state index contributed by atoms with van der Waals surface area (Å²) >= 11 is 1.73. The molecule has 1 fully saturated rings. The van der Waals surface area contributed by atoms with Gasteiger partial charge in [0.25, 0.3) is 0 Å². The highest BCUT2D eigenvalue weighted by atomic mass is 32.2. The molecule has 4 nitrogen and oxygen atoms in total. The van der Waals surface area contributed by atoms with Crippen molar-refractivity contribution in [2.45, 2.75) is 50.2 Å². The summed E-state index contributed by atoms with van der Waals surface area (Å²) in [7, 11) is -3.41. The van der Waals surface area contributed by atoms with Crippen LogP contribution in [0.25, 0.3) is 0 Å². The summed E-state index contributed by atoms with van der Waals surface area (Å²) in [4.78, 5) is 0.339. The molecule has 0 aliphatic heterocycles. The van der Waals surface area contributed by atoms with Gasteiger partial charge in [-0.05, 0) is 43.2 Å². The molecule has 0 bridgehead atoms. The van der Waals surface area contributed by atoms with Crippen LogP contribution in [0.2, 0.25) is 0 Å². The van der Waals surface area contributed by atoms with E-state index < -0.39 is 10.0 Å². The number of hydrogen-bond acceptors (Lipinski definition) is 4. The maximum Gasteiger partial charge on any atom is 0.240 e. The van der Waals surface area contributed by atoms with Gasteiger partial charge >= 0.3 is 0 Å². The van der Waals surface area contributed by atoms with Crippen LogP contribution in [0.4, 0.5) is 0 Å². The van der Waals surface area contributed by atoms with Crippen molar-refractivity contribution in [2.24, 2.45) is 0 Å². The van der Waals surface area contributed by atoms with Crippen molar-refractivity contribution in [3.8, 4) is 0 Å². The lowest BCUT2D eigenvalue weighted by Gasteiger charge is -2.14. The summed E-state index contributed by atoms with van der Waals surface area (Å²) in [5, 5.41) is 3.42. The van der Waals surface area contributed by atoms with E-state index in [9.17, 15) is 8.42 Å². The molecule has 1 aliphatic rings. The Morgan fingerprint density at radius 2 is 1.95 bits per heavy atom. The smallest absolute Gasteiger partial charge is 0.240 e. The maximum atomic E-state index is 12.3. The van der Waals surface area contributed by atoms with E-state index in [0.29, 0.717) is 10.9 Å². The summed E-state index contributed by atoms with van der Waals surface area (Å²) in [5.41, 5.74) is 1.12. The number of thioether (sulfide) groups is 1. The first-order valence-electron chi connectivity index (χ1n) is 7.43. The fraction of sp³-hybridized carbons (Fsp3) is 0.600. The minimum Gasteiger partial charge on any atom is -0.310 e. The molecule has 21 heavy (non-hydrogen) atoms. The highest BCUT2D eigenvalue weighted by Gasteiger charge is 2.20. The van der Waals surface area contributed by atoms with Crippen molar-refractivity contribution >= 4 is 21.8 Å². The van der Waals surface area contributed by atoms with Gasteiger partial charge in [0.05, 0.1) is 4.90 Å². The predicted octanol–water partition coefficient (Wildman–Crippen LogP) is 2.36. The molecule has 1 saturated carbocycles. The fourth-order valence-electron chi connectivity index (χ4n) is 2.00. The van der Waals surface area contributed by atoms with Crippen molar-refractivity contribution in [3.63, 3.8) is 0 Å². The standard InChI is InChI=1S/C15H24N2O2S2/c1-3-20-11-12(2)17-21(18,19)15-8-4-13(5-9-15)10-16-14-6-7-14/h4-5,8-9,12,14,16-17H,3,6-7,10-11H2,1-2H3. The van der Waals surface area contributed by atoms with E-state index in [0.717, 1.165) is 23.6 Å². The van der Waals surface area contributed by atoms with Crippen LogP contribution in [0.5, 0.6) is 0 Å². The van der Waals surface area contributed by atoms with Gasteiger partial charge in [-0.25, -0.2) is 13.1 Å². The second kappa shape index (κ2) is 7.63. The first-order chi connectivity index (χ1) is 10.0. The SMILES string of the molecule is CCSCC(C)NS(=O)(=O)c1ccc(CNC2CC2)cc1. The summed E-state index contributed by atoms with van der Waals surface area (Å²) < 4.78 is 27.2. The van der Waals surface area contributed by atoms with Crippen LogP contribution >= 0.6 is 11.8 Å². The average molecular weight is 329 g/mol. The van der Waals surface area contributed by atoms with Crippen molar-refractivity contribution in [3.05, 3.63) is 29.8 Å². The minimum absolute atomic E-state index is 0.0591. The van der Waals surface area contributed by atoms with E-state index in [1.165, 1.54) is 12.8 Å². The van der Waals surface area contributed by atoms with E-state index in [4.69, 9.17) is 0 Å². The number of rotatable bonds is 9. The van der Waals surface area contributed by atoms with Crippen molar-refractivity contribution < 1.29 is 8.42 Å². The van der Waals surface area contributed by atoms with Crippen LogP contribution in [-0.4, -0.2) is 32.0 Å². The molecule has 1 atom stereocenters. The monoisotopic (exact) mass is 328 g/mol. The van der Waals surface area contributed by atoms with Gasteiger partial charge in [0.1, 0.15) is 0 Å². The highest BCUT2D eigenvalue weighted by Crippen LogP contribution is 2.19. The van der Waals surface area contributed by atoms with Gasteiger partial charge in [0.15, 0.2) is 0 Å². The third kappa shape index (κ3) is 5.62. The van der Waals surface area contributed by atoms with Crippen molar-refractivity contribution in [1.82, 2.24) is 10.0 Å². The molecule has 0 amide bonds. The number of hydrogen-bond donors (Lipinski definition) is 2. The van der Waals surface area contributed by atoms with Gasteiger partial charge < -0.3 is 5.32 Å². The molecular weight excluding hydrogens is 304 g/mol. The summed E-state index contributed by atoms with van der Waals surface area (Å²) in [6.07, 6.45) is 2.51. The largest absolute Gasteiger partial charge is 0.310 e. The van der Waals surface area contributed by atoms with Crippen LogP contribution in [0.3, 0.4) is 0 Å². The molecule has 1 unspecified atom stereocenters. The summed E-state index contributed by atoms with van der Waals surface area (Å²) in [6, 6.07) is 7.74. The van der Waals surface area contributed by atoms with Gasteiger partial charge in [0, 0.05) is 24.4 Å². The minimum atomic E-state index is -3.41. The number of nitrogens with one attached hydrogen (secondary N) is 2. The molecule has 2 rings (SSSR count). The maximum absolute atomic E-state index is 12.3. The second-order valence-corrected chi connectivity index (χ2v) is 8.51. The zero-order valence-electron chi connectivity index (χ0n) is 12.6. The Balaban J connectivity index is 1.92. The Bertz CT molecular complexity index is 539. The first-order valence-corrected chi connectivity index (χ1v) is 10.1. The van der Waals surface area contributed by atoms with Gasteiger partial charge in [0.2, 0.25) is 10.0 Å². The Labute approximate surface area is 132 Å². The molecule has 0 aromatic heterocycles. The van der Waals surface area contributed by atoms with Crippen LogP contribution in [-0.2, 0) is 16.6 Å².